The Hall–Kier alpha value is -1.81. The van der Waals surface area contributed by atoms with Crippen molar-refractivity contribution in [2.24, 2.45) is 0 Å². The van der Waals surface area contributed by atoms with E-state index < -0.39 is 5.54 Å². The lowest BCUT2D eigenvalue weighted by atomic mass is 9.74. The van der Waals surface area contributed by atoms with Crippen LogP contribution in [-0.4, -0.2) is 17.4 Å². The molecule has 0 bridgehead atoms. The predicted octanol–water partition coefficient (Wildman–Crippen LogP) is 3.13. The van der Waals surface area contributed by atoms with E-state index >= 15 is 0 Å². The molecule has 0 unspecified atom stereocenters. The number of carbonyl (C=O) groups is 2. The lowest BCUT2D eigenvalue weighted by molar-refractivity contribution is -0.126. The minimum Gasteiger partial charge on any atom is -0.350 e. The third-order valence-electron chi connectivity index (χ3n) is 4.11. The van der Waals surface area contributed by atoms with Crippen LogP contribution in [0.25, 0.3) is 0 Å². The Kier molecular flexibility index (Phi) is 5.24. The van der Waals surface area contributed by atoms with Gasteiger partial charge in [-0.25, -0.2) is 0 Å². The van der Waals surface area contributed by atoms with E-state index in [2.05, 4.69) is 17.2 Å². The Morgan fingerprint density at radius 2 is 2.18 bits per heavy atom. The third kappa shape index (κ3) is 4.10. The van der Waals surface area contributed by atoms with E-state index in [1.54, 1.807) is 6.07 Å². The molecular formula is C17H21ClN2O2. The van der Waals surface area contributed by atoms with Crippen molar-refractivity contribution in [1.82, 2.24) is 10.6 Å². The van der Waals surface area contributed by atoms with Gasteiger partial charge in [0.15, 0.2) is 0 Å². The molecule has 1 aliphatic carbocycles. The summed E-state index contributed by atoms with van der Waals surface area (Å²) in [6.07, 6.45) is 4.20. The molecule has 0 radical (unpaired) electrons. The first-order valence-corrected chi connectivity index (χ1v) is 7.81. The van der Waals surface area contributed by atoms with Gasteiger partial charge in [-0.05, 0) is 50.0 Å². The van der Waals surface area contributed by atoms with Crippen LogP contribution in [0.2, 0.25) is 5.02 Å². The molecule has 0 aliphatic heterocycles. The number of hydrogen-bond donors (Lipinski definition) is 2. The van der Waals surface area contributed by atoms with E-state index in [0.717, 1.165) is 24.8 Å². The van der Waals surface area contributed by atoms with E-state index in [1.165, 1.54) is 6.08 Å². The average Bonchev–Trinajstić information content (AvgIpc) is 2.44. The van der Waals surface area contributed by atoms with Gasteiger partial charge in [0.05, 0.1) is 6.04 Å². The first-order valence-electron chi connectivity index (χ1n) is 7.43. The third-order valence-corrected chi connectivity index (χ3v) is 4.34. The molecule has 118 valence electrons. The van der Waals surface area contributed by atoms with Gasteiger partial charge in [0.25, 0.3) is 0 Å². The van der Waals surface area contributed by atoms with E-state index in [9.17, 15) is 9.59 Å². The summed E-state index contributed by atoms with van der Waals surface area (Å²) in [4.78, 5) is 23.8. The second kappa shape index (κ2) is 6.97. The zero-order valence-electron chi connectivity index (χ0n) is 12.7. The molecule has 0 spiro atoms. The summed E-state index contributed by atoms with van der Waals surface area (Å²) in [6.45, 7) is 5.37. The average molecular weight is 321 g/mol. The molecule has 0 saturated heterocycles. The van der Waals surface area contributed by atoms with Gasteiger partial charge in [-0.2, -0.15) is 0 Å². The fourth-order valence-electron chi connectivity index (χ4n) is 2.72. The largest absolute Gasteiger partial charge is 0.350 e. The van der Waals surface area contributed by atoms with Crippen molar-refractivity contribution in [3.05, 3.63) is 47.5 Å². The van der Waals surface area contributed by atoms with Crippen molar-refractivity contribution in [3.63, 3.8) is 0 Å². The van der Waals surface area contributed by atoms with Crippen molar-refractivity contribution >= 4 is 23.4 Å². The van der Waals surface area contributed by atoms with Crippen molar-refractivity contribution in [2.75, 3.05) is 0 Å². The maximum absolute atomic E-state index is 12.3. The Morgan fingerprint density at radius 3 is 2.73 bits per heavy atom. The van der Waals surface area contributed by atoms with Gasteiger partial charge in [0, 0.05) is 17.0 Å². The normalized spacial score (nSPS) is 17.0. The van der Waals surface area contributed by atoms with E-state index in [1.807, 2.05) is 25.1 Å². The number of nitrogens with one attached hydrogen (secondary N) is 2. The van der Waals surface area contributed by atoms with Gasteiger partial charge in [-0.15, -0.1) is 0 Å². The molecule has 2 rings (SSSR count). The highest BCUT2D eigenvalue weighted by molar-refractivity contribution is 6.30. The van der Waals surface area contributed by atoms with Crippen LogP contribution >= 0.6 is 11.6 Å². The second-order valence-corrected chi connectivity index (χ2v) is 6.28. The highest BCUT2D eigenvalue weighted by atomic mass is 35.5. The Bertz CT molecular complexity index is 582. The van der Waals surface area contributed by atoms with E-state index in [0.29, 0.717) is 5.02 Å². The summed E-state index contributed by atoms with van der Waals surface area (Å²) in [5.74, 6) is -0.299. The van der Waals surface area contributed by atoms with Crippen LogP contribution in [0.1, 0.15) is 44.2 Å². The van der Waals surface area contributed by atoms with Gasteiger partial charge in [-0.1, -0.05) is 30.3 Å². The maximum Gasteiger partial charge on any atom is 0.243 e. The van der Waals surface area contributed by atoms with Crippen LogP contribution < -0.4 is 10.6 Å². The number of benzene rings is 1. The number of amides is 2. The Balaban J connectivity index is 1.94. The summed E-state index contributed by atoms with van der Waals surface area (Å²) in [5.41, 5.74) is 0.544. The Morgan fingerprint density at radius 1 is 1.45 bits per heavy atom. The van der Waals surface area contributed by atoms with Crippen LogP contribution in [0, 0.1) is 0 Å². The van der Waals surface area contributed by atoms with Gasteiger partial charge in [-0.3, -0.25) is 9.59 Å². The van der Waals surface area contributed by atoms with Gasteiger partial charge < -0.3 is 10.6 Å². The van der Waals surface area contributed by atoms with Crippen LogP contribution in [0.3, 0.4) is 0 Å². The second-order valence-electron chi connectivity index (χ2n) is 5.85. The molecule has 4 nitrogen and oxygen atoms in total. The molecule has 1 atom stereocenters. The molecule has 1 fully saturated rings. The van der Waals surface area contributed by atoms with Crippen molar-refractivity contribution < 1.29 is 9.59 Å². The minimum absolute atomic E-state index is 0.0727. The van der Waals surface area contributed by atoms with Gasteiger partial charge >= 0.3 is 0 Å². The van der Waals surface area contributed by atoms with Crippen LogP contribution in [0.15, 0.2) is 36.9 Å². The van der Waals surface area contributed by atoms with Crippen molar-refractivity contribution in [2.45, 2.75) is 44.2 Å². The first kappa shape index (κ1) is 16.6. The molecule has 22 heavy (non-hydrogen) atoms. The van der Waals surface area contributed by atoms with E-state index in [-0.39, 0.29) is 24.3 Å². The highest BCUT2D eigenvalue weighted by Gasteiger charge is 2.39. The predicted molar refractivity (Wildman–Crippen MR) is 87.5 cm³/mol. The number of rotatable bonds is 6. The SMILES string of the molecule is C=CC(=O)NC1(CC(=O)N[C@H](C)c2cccc(Cl)c2)CCC1. The van der Waals surface area contributed by atoms with Gasteiger partial charge in [0.1, 0.15) is 0 Å². The number of carbonyl (C=O) groups excluding carboxylic acids is 2. The van der Waals surface area contributed by atoms with Crippen LogP contribution in [0.4, 0.5) is 0 Å². The molecule has 1 aromatic carbocycles. The van der Waals surface area contributed by atoms with Crippen LogP contribution in [-0.2, 0) is 9.59 Å². The van der Waals surface area contributed by atoms with Gasteiger partial charge in [0.2, 0.25) is 11.8 Å². The molecule has 1 aliphatic rings. The summed E-state index contributed by atoms with van der Waals surface area (Å²) >= 11 is 5.97. The fraction of sp³-hybridized carbons (Fsp3) is 0.412. The van der Waals surface area contributed by atoms with Crippen LogP contribution in [0.5, 0.6) is 0 Å². The smallest absolute Gasteiger partial charge is 0.243 e. The summed E-state index contributed by atoms with van der Waals surface area (Å²) in [6, 6.07) is 7.30. The number of hydrogen-bond acceptors (Lipinski definition) is 2. The standard InChI is InChI=1S/C17H21ClN2O2/c1-3-15(21)20-17(8-5-9-17)11-16(22)19-12(2)13-6-4-7-14(18)10-13/h3-4,6-7,10,12H,1,5,8-9,11H2,2H3,(H,19,22)(H,20,21)/t12-/m1/s1. The first-order chi connectivity index (χ1) is 10.4. The molecule has 2 N–H and O–H groups in total. The maximum atomic E-state index is 12.3. The summed E-state index contributed by atoms with van der Waals surface area (Å²) in [5, 5.41) is 6.50. The topological polar surface area (TPSA) is 58.2 Å². The zero-order valence-corrected chi connectivity index (χ0v) is 13.5. The van der Waals surface area contributed by atoms with Crippen molar-refractivity contribution in [3.8, 4) is 0 Å². The Labute approximate surface area is 135 Å². The fourth-order valence-corrected chi connectivity index (χ4v) is 2.92. The molecule has 5 heteroatoms. The zero-order chi connectivity index (χ0) is 16.2. The molecule has 2 amide bonds. The molecule has 0 aromatic heterocycles. The lowest BCUT2D eigenvalue weighted by Gasteiger charge is -2.42. The number of halogens is 1. The monoisotopic (exact) mass is 320 g/mol. The lowest BCUT2D eigenvalue weighted by Crippen LogP contribution is -2.55. The van der Waals surface area contributed by atoms with E-state index in [4.69, 9.17) is 11.6 Å². The molecule has 1 saturated carbocycles. The molecular weight excluding hydrogens is 300 g/mol. The summed E-state index contributed by atoms with van der Waals surface area (Å²) in [7, 11) is 0. The minimum atomic E-state index is -0.413. The van der Waals surface area contributed by atoms with Crippen molar-refractivity contribution in [1.29, 1.82) is 0 Å². The molecule has 0 heterocycles. The summed E-state index contributed by atoms with van der Waals surface area (Å²) < 4.78 is 0. The quantitative estimate of drug-likeness (QED) is 0.791. The highest BCUT2D eigenvalue weighted by Crippen LogP contribution is 2.35. The molecule has 1 aromatic rings.